The Bertz CT molecular complexity index is 506. The fourth-order valence-electron chi connectivity index (χ4n) is 2.73. The van der Waals surface area contributed by atoms with Crippen molar-refractivity contribution in [2.75, 3.05) is 40.3 Å². The molecule has 1 aromatic rings. The first-order chi connectivity index (χ1) is 10.6. The molecule has 1 atom stereocenters. The number of likely N-dealkylation sites (N-methyl/N-ethyl adjacent to an activating group) is 1. The highest BCUT2D eigenvalue weighted by atomic mass is 16.2. The summed E-state index contributed by atoms with van der Waals surface area (Å²) >= 11 is 0. The van der Waals surface area contributed by atoms with Crippen LogP contribution in [0.25, 0.3) is 0 Å². The molecule has 1 aliphatic heterocycles. The quantitative estimate of drug-likeness (QED) is 0.860. The van der Waals surface area contributed by atoms with Crippen molar-refractivity contribution < 1.29 is 9.59 Å². The highest BCUT2D eigenvalue weighted by Gasteiger charge is 2.28. The van der Waals surface area contributed by atoms with Crippen molar-refractivity contribution in [1.29, 1.82) is 0 Å². The maximum Gasteiger partial charge on any atom is 0.225 e. The Morgan fingerprint density at radius 3 is 2.86 bits per heavy atom. The van der Waals surface area contributed by atoms with Gasteiger partial charge in [-0.3, -0.25) is 14.6 Å². The maximum absolute atomic E-state index is 12.4. The molecular formula is C16H24N4O2. The molecule has 2 rings (SSSR count). The molecule has 2 amide bonds. The topological polar surface area (TPSA) is 65.5 Å². The van der Waals surface area contributed by atoms with E-state index in [1.54, 1.807) is 19.4 Å². The Morgan fingerprint density at radius 2 is 2.18 bits per heavy atom. The Morgan fingerprint density at radius 1 is 1.36 bits per heavy atom. The van der Waals surface area contributed by atoms with E-state index in [9.17, 15) is 9.59 Å². The SMILES string of the molecule is CNC(=O)C1CN(C)CCN(C(=O)CCc2cccnc2)C1. The lowest BCUT2D eigenvalue weighted by Crippen LogP contribution is -2.41. The summed E-state index contributed by atoms with van der Waals surface area (Å²) in [5, 5.41) is 2.69. The summed E-state index contributed by atoms with van der Waals surface area (Å²) in [5.41, 5.74) is 1.06. The van der Waals surface area contributed by atoms with E-state index in [1.807, 2.05) is 24.1 Å². The van der Waals surface area contributed by atoms with E-state index in [0.29, 0.717) is 32.5 Å². The molecular weight excluding hydrogens is 280 g/mol. The van der Waals surface area contributed by atoms with E-state index in [-0.39, 0.29) is 17.7 Å². The minimum atomic E-state index is -0.167. The largest absolute Gasteiger partial charge is 0.359 e. The summed E-state index contributed by atoms with van der Waals surface area (Å²) in [6, 6.07) is 3.85. The first-order valence-electron chi connectivity index (χ1n) is 7.67. The van der Waals surface area contributed by atoms with Crippen molar-refractivity contribution in [3.05, 3.63) is 30.1 Å². The van der Waals surface area contributed by atoms with Gasteiger partial charge in [-0.2, -0.15) is 0 Å². The minimum Gasteiger partial charge on any atom is -0.359 e. The zero-order valence-corrected chi connectivity index (χ0v) is 13.3. The van der Waals surface area contributed by atoms with Crippen LogP contribution in [0.3, 0.4) is 0 Å². The number of carbonyl (C=O) groups is 2. The lowest BCUT2D eigenvalue weighted by atomic mass is 10.1. The fraction of sp³-hybridized carbons (Fsp3) is 0.562. The third kappa shape index (κ3) is 4.53. The molecule has 1 saturated heterocycles. The average Bonchev–Trinajstić information content (AvgIpc) is 2.75. The van der Waals surface area contributed by atoms with Crippen molar-refractivity contribution in [1.82, 2.24) is 20.1 Å². The summed E-state index contributed by atoms with van der Waals surface area (Å²) in [6.07, 6.45) is 4.65. The number of amides is 2. The van der Waals surface area contributed by atoms with Crippen molar-refractivity contribution in [2.45, 2.75) is 12.8 Å². The zero-order chi connectivity index (χ0) is 15.9. The Balaban J connectivity index is 1.94. The summed E-state index contributed by atoms with van der Waals surface area (Å²) in [5.74, 6) is -0.0632. The molecule has 1 unspecified atom stereocenters. The molecule has 0 radical (unpaired) electrons. The molecule has 2 heterocycles. The predicted octanol–water partition coefficient (Wildman–Crippen LogP) is 0.150. The first-order valence-corrected chi connectivity index (χ1v) is 7.67. The van der Waals surface area contributed by atoms with E-state index >= 15 is 0 Å². The van der Waals surface area contributed by atoms with Gasteiger partial charge in [0, 0.05) is 52.0 Å². The van der Waals surface area contributed by atoms with Gasteiger partial charge in [-0.05, 0) is 25.1 Å². The molecule has 1 aliphatic rings. The van der Waals surface area contributed by atoms with Gasteiger partial charge in [0.1, 0.15) is 0 Å². The van der Waals surface area contributed by atoms with Crippen LogP contribution >= 0.6 is 0 Å². The van der Waals surface area contributed by atoms with Crippen molar-refractivity contribution in [3.8, 4) is 0 Å². The zero-order valence-electron chi connectivity index (χ0n) is 13.3. The predicted molar refractivity (Wildman–Crippen MR) is 84.2 cm³/mol. The van der Waals surface area contributed by atoms with Crippen LogP contribution in [0.5, 0.6) is 0 Å². The van der Waals surface area contributed by atoms with Crippen LogP contribution in [0, 0.1) is 5.92 Å². The molecule has 0 aliphatic carbocycles. The highest BCUT2D eigenvalue weighted by Crippen LogP contribution is 2.11. The molecule has 1 fully saturated rings. The van der Waals surface area contributed by atoms with Gasteiger partial charge >= 0.3 is 0 Å². The van der Waals surface area contributed by atoms with Gasteiger partial charge in [0.15, 0.2) is 0 Å². The van der Waals surface area contributed by atoms with Gasteiger partial charge in [-0.1, -0.05) is 6.07 Å². The number of pyridine rings is 1. The second-order valence-corrected chi connectivity index (χ2v) is 5.77. The third-order valence-electron chi connectivity index (χ3n) is 4.04. The van der Waals surface area contributed by atoms with Crippen LogP contribution in [-0.4, -0.2) is 66.9 Å². The van der Waals surface area contributed by atoms with Crippen molar-refractivity contribution in [3.63, 3.8) is 0 Å². The lowest BCUT2D eigenvalue weighted by Gasteiger charge is -2.23. The number of carbonyl (C=O) groups excluding carboxylic acids is 2. The number of hydrogen-bond donors (Lipinski definition) is 1. The number of hydrogen-bond acceptors (Lipinski definition) is 4. The molecule has 0 aromatic carbocycles. The van der Waals surface area contributed by atoms with Crippen LogP contribution < -0.4 is 5.32 Å². The monoisotopic (exact) mass is 304 g/mol. The van der Waals surface area contributed by atoms with Gasteiger partial charge in [-0.15, -0.1) is 0 Å². The summed E-state index contributed by atoms with van der Waals surface area (Å²) in [7, 11) is 3.63. The second kappa shape index (κ2) is 7.89. The van der Waals surface area contributed by atoms with E-state index in [0.717, 1.165) is 12.1 Å². The van der Waals surface area contributed by atoms with E-state index in [1.165, 1.54) is 0 Å². The molecule has 1 N–H and O–H groups in total. The van der Waals surface area contributed by atoms with Crippen molar-refractivity contribution in [2.24, 2.45) is 5.92 Å². The van der Waals surface area contributed by atoms with Crippen molar-refractivity contribution >= 4 is 11.8 Å². The normalized spacial score (nSPS) is 19.5. The summed E-state index contributed by atoms with van der Waals surface area (Å²) in [4.78, 5) is 32.4. The van der Waals surface area contributed by atoms with Crippen LogP contribution in [0.15, 0.2) is 24.5 Å². The lowest BCUT2D eigenvalue weighted by molar-refractivity contribution is -0.132. The van der Waals surface area contributed by atoms with Gasteiger partial charge in [0.25, 0.3) is 0 Å². The standard InChI is InChI=1S/C16H24N4O2/c1-17-16(22)14-11-19(2)8-9-20(12-14)15(21)6-5-13-4-3-7-18-10-13/h3-4,7,10,14H,5-6,8-9,11-12H2,1-2H3,(H,17,22). The van der Waals surface area contributed by atoms with Gasteiger partial charge in [0.05, 0.1) is 5.92 Å². The third-order valence-corrected chi connectivity index (χ3v) is 4.04. The van der Waals surface area contributed by atoms with E-state index in [2.05, 4.69) is 15.2 Å². The number of nitrogens with one attached hydrogen (secondary N) is 1. The average molecular weight is 304 g/mol. The van der Waals surface area contributed by atoms with Crippen LogP contribution in [0.1, 0.15) is 12.0 Å². The van der Waals surface area contributed by atoms with Gasteiger partial charge in [0.2, 0.25) is 11.8 Å². The Kier molecular flexibility index (Phi) is 5.89. The van der Waals surface area contributed by atoms with E-state index in [4.69, 9.17) is 0 Å². The molecule has 6 heteroatoms. The molecule has 0 bridgehead atoms. The number of rotatable bonds is 4. The van der Waals surface area contributed by atoms with Crippen LogP contribution in [-0.2, 0) is 16.0 Å². The number of aromatic nitrogens is 1. The summed E-state index contributed by atoms with van der Waals surface area (Å²) < 4.78 is 0. The molecule has 0 spiro atoms. The Labute approximate surface area is 131 Å². The molecule has 1 aromatic heterocycles. The van der Waals surface area contributed by atoms with Crippen LogP contribution in [0.2, 0.25) is 0 Å². The van der Waals surface area contributed by atoms with E-state index < -0.39 is 0 Å². The molecule has 0 saturated carbocycles. The smallest absolute Gasteiger partial charge is 0.225 e. The Hall–Kier alpha value is -1.95. The first kappa shape index (κ1) is 16.4. The molecule has 6 nitrogen and oxygen atoms in total. The maximum atomic E-state index is 12.4. The second-order valence-electron chi connectivity index (χ2n) is 5.77. The molecule has 120 valence electrons. The number of nitrogens with zero attached hydrogens (tertiary/aromatic N) is 3. The summed E-state index contributed by atoms with van der Waals surface area (Å²) in [6.45, 7) is 2.66. The highest BCUT2D eigenvalue weighted by molar-refractivity contribution is 5.81. The van der Waals surface area contributed by atoms with Gasteiger partial charge < -0.3 is 15.1 Å². The van der Waals surface area contributed by atoms with Crippen LogP contribution in [0.4, 0.5) is 0 Å². The minimum absolute atomic E-state index is 0.00110. The molecule has 22 heavy (non-hydrogen) atoms. The van der Waals surface area contributed by atoms with Gasteiger partial charge in [-0.25, -0.2) is 0 Å². The number of aryl methyl sites for hydroxylation is 1. The fourth-order valence-corrected chi connectivity index (χ4v) is 2.73.